The van der Waals surface area contributed by atoms with Crippen molar-refractivity contribution in [3.63, 3.8) is 0 Å². The molecule has 1 fully saturated rings. The van der Waals surface area contributed by atoms with Crippen molar-refractivity contribution in [3.05, 3.63) is 64.7 Å². The van der Waals surface area contributed by atoms with Crippen molar-refractivity contribution in [3.8, 4) is 0 Å². The first-order valence-corrected chi connectivity index (χ1v) is 9.68. The Bertz CT molecular complexity index is 880. The molecule has 1 aliphatic rings. The van der Waals surface area contributed by atoms with E-state index in [1.807, 2.05) is 0 Å². The highest BCUT2D eigenvalue weighted by Crippen LogP contribution is 2.14. The van der Waals surface area contributed by atoms with Crippen LogP contribution >= 0.6 is 11.6 Å². The fourth-order valence-electron chi connectivity index (χ4n) is 2.91. The normalized spacial score (nSPS) is 13.6. The molecule has 2 aromatic carbocycles. The van der Waals surface area contributed by atoms with Crippen LogP contribution in [0.2, 0.25) is 5.02 Å². The first kappa shape index (κ1) is 20.8. The molecule has 152 valence electrons. The van der Waals surface area contributed by atoms with Gasteiger partial charge in [-0.05, 0) is 29.8 Å². The number of anilines is 1. The van der Waals surface area contributed by atoms with Crippen LogP contribution < -0.4 is 10.6 Å². The minimum atomic E-state index is -0.414. The molecule has 0 aromatic heterocycles. The number of hydrogen-bond acceptors (Lipinski definition) is 4. The first-order chi connectivity index (χ1) is 14.0. The van der Waals surface area contributed by atoms with Crippen LogP contribution in [0.15, 0.2) is 48.5 Å². The van der Waals surface area contributed by atoms with Crippen molar-refractivity contribution >= 4 is 35.0 Å². The van der Waals surface area contributed by atoms with Crippen molar-refractivity contribution in [1.82, 2.24) is 10.2 Å². The van der Waals surface area contributed by atoms with Gasteiger partial charge in [0.1, 0.15) is 0 Å². The predicted octanol–water partition coefficient (Wildman–Crippen LogP) is 2.11. The molecule has 0 saturated carbocycles. The van der Waals surface area contributed by atoms with E-state index in [-0.39, 0.29) is 18.4 Å². The maximum Gasteiger partial charge on any atom is 0.253 e. The summed E-state index contributed by atoms with van der Waals surface area (Å²) in [5.41, 5.74) is 1.77. The van der Waals surface area contributed by atoms with Crippen LogP contribution in [0, 0.1) is 0 Å². The van der Waals surface area contributed by atoms with Gasteiger partial charge in [-0.15, -0.1) is 0 Å². The average Bonchev–Trinajstić information content (AvgIpc) is 2.74. The van der Waals surface area contributed by atoms with Gasteiger partial charge in [0.05, 0.1) is 36.8 Å². The number of morpholine rings is 1. The molecule has 29 heavy (non-hydrogen) atoms. The summed E-state index contributed by atoms with van der Waals surface area (Å²) in [5, 5.41) is 5.57. The fourth-order valence-corrected chi connectivity index (χ4v) is 3.13. The van der Waals surface area contributed by atoms with Crippen molar-refractivity contribution in [1.29, 1.82) is 0 Å². The smallest absolute Gasteiger partial charge is 0.253 e. The molecule has 0 radical (unpaired) electrons. The van der Waals surface area contributed by atoms with E-state index in [1.165, 1.54) is 0 Å². The van der Waals surface area contributed by atoms with Gasteiger partial charge in [-0.25, -0.2) is 0 Å². The van der Waals surface area contributed by atoms with Crippen LogP contribution in [0.25, 0.3) is 0 Å². The van der Waals surface area contributed by atoms with Crippen LogP contribution in [0.5, 0.6) is 0 Å². The molecule has 2 N–H and O–H groups in total. The van der Waals surface area contributed by atoms with Crippen LogP contribution in [0.1, 0.15) is 15.9 Å². The topological polar surface area (TPSA) is 87.7 Å². The van der Waals surface area contributed by atoms with E-state index in [2.05, 4.69) is 10.6 Å². The Kier molecular flexibility index (Phi) is 7.21. The van der Waals surface area contributed by atoms with Crippen molar-refractivity contribution in [2.45, 2.75) is 6.42 Å². The van der Waals surface area contributed by atoms with Gasteiger partial charge in [-0.3, -0.25) is 14.4 Å². The van der Waals surface area contributed by atoms with Crippen LogP contribution in [-0.2, 0) is 20.7 Å². The number of nitrogens with zero attached hydrogens (tertiary/aromatic N) is 1. The molecule has 0 unspecified atom stereocenters. The Morgan fingerprint density at radius 1 is 1.00 bits per heavy atom. The summed E-state index contributed by atoms with van der Waals surface area (Å²) < 4.78 is 5.25. The summed E-state index contributed by atoms with van der Waals surface area (Å²) in [6.45, 7) is 2.20. The van der Waals surface area contributed by atoms with Crippen molar-refractivity contribution in [2.75, 3.05) is 38.2 Å². The molecule has 1 heterocycles. The highest BCUT2D eigenvalue weighted by molar-refractivity contribution is 6.33. The molecule has 1 saturated heterocycles. The lowest BCUT2D eigenvalue weighted by atomic mass is 10.1. The monoisotopic (exact) mass is 415 g/mol. The Hall–Kier alpha value is -2.90. The van der Waals surface area contributed by atoms with Gasteiger partial charge >= 0.3 is 0 Å². The van der Waals surface area contributed by atoms with Gasteiger partial charge in [0.15, 0.2) is 0 Å². The molecule has 0 aliphatic carbocycles. The third-order valence-corrected chi connectivity index (χ3v) is 4.81. The van der Waals surface area contributed by atoms with E-state index in [4.69, 9.17) is 16.3 Å². The van der Waals surface area contributed by atoms with Gasteiger partial charge in [-0.1, -0.05) is 35.9 Å². The number of carbonyl (C=O) groups is 3. The predicted molar refractivity (Wildman–Crippen MR) is 110 cm³/mol. The van der Waals surface area contributed by atoms with Crippen molar-refractivity contribution < 1.29 is 19.1 Å². The maximum atomic E-state index is 12.3. The molecule has 0 bridgehead atoms. The Morgan fingerprint density at radius 3 is 2.38 bits per heavy atom. The van der Waals surface area contributed by atoms with Gasteiger partial charge in [-0.2, -0.15) is 0 Å². The Balaban J connectivity index is 1.46. The second-order valence-corrected chi connectivity index (χ2v) is 6.98. The number of benzene rings is 2. The quantitative estimate of drug-likeness (QED) is 0.756. The standard InChI is InChI=1S/C21H22ClN3O4/c22-18-4-2-1-3-17(18)21(28)23-14-19(26)24-16-7-5-15(6-8-16)13-20(27)25-9-11-29-12-10-25/h1-8H,9-14H2,(H,23,28)(H,24,26). The summed E-state index contributed by atoms with van der Waals surface area (Å²) in [4.78, 5) is 38.2. The molecule has 1 aliphatic heterocycles. The number of amides is 3. The number of rotatable bonds is 6. The maximum absolute atomic E-state index is 12.3. The Morgan fingerprint density at radius 2 is 1.69 bits per heavy atom. The molecule has 0 atom stereocenters. The summed E-state index contributed by atoms with van der Waals surface area (Å²) in [7, 11) is 0. The van der Waals surface area contributed by atoms with Crippen LogP contribution in [0.3, 0.4) is 0 Å². The molecule has 0 spiro atoms. The van der Waals surface area contributed by atoms with E-state index in [0.29, 0.717) is 49.0 Å². The number of nitrogens with one attached hydrogen (secondary N) is 2. The summed E-state index contributed by atoms with van der Waals surface area (Å²) >= 11 is 5.97. The fraction of sp³-hybridized carbons (Fsp3) is 0.286. The van der Waals surface area contributed by atoms with Crippen molar-refractivity contribution in [2.24, 2.45) is 0 Å². The van der Waals surface area contributed by atoms with Gasteiger partial charge < -0.3 is 20.3 Å². The third kappa shape index (κ3) is 6.04. The molecular formula is C21H22ClN3O4. The first-order valence-electron chi connectivity index (χ1n) is 9.30. The molecule has 7 nitrogen and oxygen atoms in total. The van der Waals surface area contributed by atoms with Gasteiger partial charge in [0.25, 0.3) is 5.91 Å². The lowest BCUT2D eigenvalue weighted by Crippen LogP contribution is -2.41. The molecule has 2 aromatic rings. The van der Waals surface area contributed by atoms with E-state index >= 15 is 0 Å². The summed E-state index contributed by atoms with van der Waals surface area (Å²) in [6, 6.07) is 13.7. The molecular weight excluding hydrogens is 394 g/mol. The zero-order chi connectivity index (χ0) is 20.6. The van der Waals surface area contributed by atoms with E-state index in [1.54, 1.807) is 53.4 Å². The lowest BCUT2D eigenvalue weighted by molar-refractivity contribution is -0.134. The molecule has 8 heteroatoms. The highest BCUT2D eigenvalue weighted by Gasteiger charge is 2.17. The second kappa shape index (κ2) is 10.0. The number of halogens is 1. The van der Waals surface area contributed by atoms with Gasteiger partial charge in [0, 0.05) is 18.8 Å². The summed E-state index contributed by atoms with van der Waals surface area (Å²) in [5.74, 6) is -0.711. The average molecular weight is 416 g/mol. The van der Waals surface area contributed by atoms with Crippen LogP contribution in [-0.4, -0.2) is 55.5 Å². The zero-order valence-corrected chi connectivity index (χ0v) is 16.6. The number of hydrogen-bond donors (Lipinski definition) is 2. The number of carbonyl (C=O) groups excluding carboxylic acids is 3. The SMILES string of the molecule is O=C(CNC(=O)c1ccccc1Cl)Nc1ccc(CC(=O)N2CCOCC2)cc1. The van der Waals surface area contributed by atoms with Gasteiger partial charge in [0.2, 0.25) is 11.8 Å². The minimum absolute atomic E-state index is 0.0624. The molecule has 3 rings (SSSR count). The zero-order valence-electron chi connectivity index (χ0n) is 15.8. The minimum Gasteiger partial charge on any atom is -0.378 e. The van der Waals surface area contributed by atoms with E-state index in [9.17, 15) is 14.4 Å². The highest BCUT2D eigenvalue weighted by atomic mass is 35.5. The molecule has 3 amide bonds. The van der Waals surface area contributed by atoms with Crippen LogP contribution in [0.4, 0.5) is 5.69 Å². The lowest BCUT2D eigenvalue weighted by Gasteiger charge is -2.26. The Labute approximate surface area is 174 Å². The van der Waals surface area contributed by atoms with E-state index in [0.717, 1.165) is 5.56 Å². The second-order valence-electron chi connectivity index (χ2n) is 6.58. The number of ether oxygens (including phenoxy) is 1. The third-order valence-electron chi connectivity index (χ3n) is 4.48. The van der Waals surface area contributed by atoms with E-state index < -0.39 is 5.91 Å². The summed E-state index contributed by atoms with van der Waals surface area (Å²) in [6.07, 6.45) is 0.308. The largest absolute Gasteiger partial charge is 0.378 e.